The van der Waals surface area contributed by atoms with E-state index in [4.69, 9.17) is 11.6 Å². The van der Waals surface area contributed by atoms with E-state index in [0.717, 1.165) is 28.4 Å². The second-order valence-electron chi connectivity index (χ2n) is 5.21. The van der Waals surface area contributed by atoms with Crippen LogP contribution in [0, 0.1) is 13.8 Å². The summed E-state index contributed by atoms with van der Waals surface area (Å²) in [5.41, 5.74) is 4.25. The Balaban J connectivity index is 2.17. The molecule has 1 unspecified atom stereocenters. The Morgan fingerprint density at radius 2 is 2.00 bits per heavy atom. The number of para-hydroxylation sites is 1. The highest BCUT2D eigenvalue weighted by Gasteiger charge is 2.16. The molecule has 0 spiro atoms. The number of imidazole rings is 1. The van der Waals surface area contributed by atoms with Gasteiger partial charge < -0.3 is 4.57 Å². The van der Waals surface area contributed by atoms with E-state index in [9.17, 15) is 0 Å². The minimum atomic E-state index is -0.153. The molecule has 0 saturated heterocycles. The average Bonchev–Trinajstić information content (AvgIpc) is 2.79. The van der Waals surface area contributed by atoms with Gasteiger partial charge in [0.2, 0.25) is 0 Å². The van der Waals surface area contributed by atoms with Crippen molar-refractivity contribution in [3.05, 3.63) is 53.4 Å². The van der Waals surface area contributed by atoms with E-state index in [-0.39, 0.29) is 5.38 Å². The first-order valence-electron chi connectivity index (χ1n) is 6.94. The topological polar surface area (TPSA) is 43.6 Å². The van der Waals surface area contributed by atoms with Gasteiger partial charge >= 0.3 is 0 Å². The lowest BCUT2D eigenvalue weighted by Gasteiger charge is -2.11. The zero-order valence-corrected chi connectivity index (χ0v) is 13.1. The smallest absolute Gasteiger partial charge is 0.128 e. The number of aromatic nitrogens is 4. The van der Waals surface area contributed by atoms with Crippen LogP contribution in [0.2, 0.25) is 0 Å². The maximum atomic E-state index is 6.31. The van der Waals surface area contributed by atoms with Gasteiger partial charge in [0.1, 0.15) is 11.6 Å². The molecule has 3 rings (SSSR count). The van der Waals surface area contributed by atoms with Crippen molar-refractivity contribution in [2.24, 2.45) is 0 Å². The number of aryl methyl sites for hydroxylation is 2. The number of hydrogen-bond donors (Lipinski definition) is 0. The van der Waals surface area contributed by atoms with Crippen LogP contribution in [0.1, 0.15) is 35.2 Å². The van der Waals surface area contributed by atoms with E-state index in [0.29, 0.717) is 6.54 Å². The Morgan fingerprint density at radius 1 is 1.19 bits per heavy atom. The largest absolute Gasteiger partial charge is 0.320 e. The number of halogens is 1. The molecule has 0 fully saturated rings. The molecule has 0 amide bonds. The summed E-state index contributed by atoms with van der Waals surface area (Å²) in [6.45, 7) is 6.58. The Hall–Kier alpha value is -1.94. The average molecular weight is 301 g/mol. The number of rotatable bonds is 3. The second-order valence-corrected chi connectivity index (χ2v) is 5.86. The second kappa shape index (κ2) is 5.45. The van der Waals surface area contributed by atoms with E-state index in [1.165, 1.54) is 5.56 Å². The van der Waals surface area contributed by atoms with Crippen LogP contribution >= 0.6 is 11.6 Å². The van der Waals surface area contributed by atoms with Crippen LogP contribution < -0.4 is 0 Å². The van der Waals surface area contributed by atoms with Gasteiger partial charge in [0.05, 0.1) is 28.6 Å². The lowest BCUT2D eigenvalue weighted by atomic mass is 10.2. The molecular weight excluding hydrogens is 284 g/mol. The van der Waals surface area contributed by atoms with E-state index in [2.05, 4.69) is 32.5 Å². The molecule has 0 N–H and O–H groups in total. The maximum Gasteiger partial charge on any atom is 0.128 e. The number of benzene rings is 1. The van der Waals surface area contributed by atoms with Crippen LogP contribution in [-0.4, -0.2) is 19.5 Å². The van der Waals surface area contributed by atoms with E-state index in [1.807, 2.05) is 32.0 Å². The highest BCUT2D eigenvalue weighted by Crippen LogP contribution is 2.27. The fourth-order valence-corrected chi connectivity index (χ4v) is 2.77. The molecule has 2 heterocycles. The zero-order chi connectivity index (χ0) is 15.0. The van der Waals surface area contributed by atoms with Crippen molar-refractivity contribution in [2.75, 3.05) is 0 Å². The maximum absolute atomic E-state index is 6.31. The van der Waals surface area contributed by atoms with Gasteiger partial charge in [-0.15, -0.1) is 11.6 Å². The summed E-state index contributed by atoms with van der Waals surface area (Å²) in [5, 5.41) is -0.153. The predicted molar refractivity (Wildman–Crippen MR) is 84.6 cm³/mol. The van der Waals surface area contributed by atoms with Crippen LogP contribution in [0.5, 0.6) is 0 Å². The van der Waals surface area contributed by atoms with Crippen molar-refractivity contribution < 1.29 is 0 Å². The third-order valence-electron chi connectivity index (χ3n) is 3.51. The van der Waals surface area contributed by atoms with Gasteiger partial charge in [0.25, 0.3) is 0 Å². The van der Waals surface area contributed by atoms with Crippen LogP contribution in [0.25, 0.3) is 11.0 Å². The molecule has 2 aromatic heterocycles. The minimum absolute atomic E-state index is 0.153. The van der Waals surface area contributed by atoms with Gasteiger partial charge in [-0.2, -0.15) is 0 Å². The third kappa shape index (κ3) is 2.63. The third-order valence-corrected chi connectivity index (χ3v) is 3.70. The molecule has 0 aliphatic heterocycles. The molecule has 0 bridgehead atoms. The number of alkyl halides is 1. The van der Waals surface area contributed by atoms with Crippen molar-refractivity contribution in [1.29, 1.82) is 0 Å². The highest BCUT2D eigenvalue weighted by molar-refractivity contribution is 6.20. The Kier molecular flexibility index (Phi) is 3.64. The van der Waals surface area contributed by atoms with Gasteiger partial charge in [-0.3, -0.25) is 0 Å². The molecule has 21 heavy (non-hydrogen) atoms. The summed E-state index contributed by atoms with van der Waals surface area (Å²) in [5.74, 6) is 1.64. The molecule has 0 aliphatic carbocycles. The molecular formula is C16H17ClN4. The van der Waals surface area contributed by atoms with Crippen molar-refractivity contribution in [3.63, 3.8) is 0 Å². The first kappa shape index (κ1) is 14.0. The quantitative estimate of drug-likeness (QED) is 0.691. The van der Waals surface area contributed by atoms with Gasteiger partial charge in [0, 0.05) is 6.20 Å². The lowest BCUT2D eigenvalue weighted by molar-refractivity contribution is 0.720. The molecule has 0 aliphatic rings. The summed E-state index contributed by atoms with van der Waals surface area (Å²) >= 11 is 6.31. The Labute approximate surface area is 128 Å². The van der Waals surface area contributed by atoms with Crippen molar-refractivity contribution in [1.82, 2.24) is 19.5 Å². The van der Waals surface area contributed by atoms with Crippen molar-refractivity contribution in [3.8, 4) is 0 Å². The first-order valence-corrected chi connectivity index (χ1v) is 7.38. The molecule has 0 radical (unpaired) electrons. The Morgan fingerprint density at radius 3 is 2.71 bits per heavy atom. The van der Waals surface area contributed by atoms with Crippen molar-refractivity contribution in [2.45, 2.75) is 32.7 Å². The molecule has 1 atom stereocenters. The molecule has 3 aromatic rings. The van der Waals surface area contributed by atoms with Crippen LogP contribution in [-0.2, 0) is 6.54 Å². The fourth-order valence-electron chi connectivity index (χ4n) is 2.60. The van der Waals surface area contributed by atoms with Gasteiger partial charge in [-0.05, 0) is 38.5 Å². The van der Waals surface area contributed by atoms with E-state index in [1.54, 1.807) is 6.20 Å². The lowest BCUT2D eigenvalue weighted by Crippen LogP contribution is -2.08. The van der Waals surface area contributed by atoms with Crippen LogP contribution in [0.3, 0.4) is 0 Å². The zero-order valence-electron chi connectivity index (χ0n) is 12.3. The normalized spacial score (nSPS) is 12.8. The first-order chi connectivity index (χ1) is 10.1. The van der Waals surface area contributed by atoms with Gasteiger partial charge in [-0.1, -0.05) is 12.1 Å². The monoisotopic (exact) mass is 300 g/mol. The summed E-state index contributed by atoms with van der Waals surface area (Å²) in [4.78, 5) is 13.3. The summed E-state index contributed by atoms with van der Waals surface area (Å²) in [6.07, 6.45) is 1.79. The van der Waals surface area contributed by atoms with Gasteiger partial charge in [0.15, 0.2) is 0 Å². The summed E-state index contributed by atoms with van der Waals surface area (Å²) < 4.78 is 2.16. The molecule has 5 heteroatoms. The summed E-state index contributed by atoms with van der Waals surface area (Å²) in [6, 6.07) is 8.06. The molecule has 0 saturated carbocycles. The molecule has 4 nitrogen and oxygen atoms in total. The fraction of sp³-hybridized carbons (Fsp3) is 0.312. The molecule has 1 aromatic carbocycles. The minimum Gasteiger partial charge on any atom is -0.320 e. The van der Waals surface area contributed by atoms with Crippen molar-refractivity contribution >= 4 is 22.6 Å². The van der Waals surface area contributed by atoms with Crippen LogP contribution in [0.15, 0.2) is 30.5 Å². The standard InChI is InChI=1S/C16H17ClN4/c1-10-5-4-6-14-15(10)21(16(20-14)11(2)17)9-13-7-8-18-12(3)19-13/h4-8,11H,9H2,1-3H3. The Bertz CT molecular complexity index is 792. The highest BCUT2D eigenvalue weighted by atomic mass is 35.5. The number of nitrogens with zero attached hydrogens (tertiary/aromatic N) is 4. The molecule has 108 valence electrons. The predicted octanol–water partition coefficient (Wildman–Crippen LogP) is 3.79. The summed E-state index contributed by atoms with van der Waals surface area (Å²) in [7, 11) is 0. The number of fused-ring (bicyclic) bond motifs is 1. The van der Waals surface area contributed by atoms with E-state index >= 15 is 0 Å². The number of hydrogen-bond acceptors (Lipinski definition) is 3. The van der Waals surface area contributed by atoms with Gasteiger partial charge in [-0.25, -0.2) is 15.0 Å². The van der Waals surface area contributed by atoms with Crippen LogP contribution in [0.4, 0.5) is 0 Å². The SMILES string of the molecule is Cc1nccc(Cn2c(C(C)Cl)nc3cccc(C)c32)n1. The van der Waals surface area contributed by atoms with E-state index < -0.39 is 0 Å².